The van der Waals surface area contributed by atoms with Crippen LogP contribution in [-0.2, 0) is 17.8 Å². The predicted octanol–water partition coefficient (Wildman–Crippen LogP) is 4.66. The van der Waals surface area contributed by atoms with Crippen LogP contribution in [0.2, 0.25) is 51.4 Å². The van der Waals surface area contributed by atoms with Gasteiger partial charge in [-0.25, -0.2) is 4.79 Å². The van der Waals surface area contributed by atoms with Gasteiger partial charge in [0.2, 0.25) is 0 Å². The predicted molar refractivity (Wildman–Crippen MR) is 100 cm³/mol. The summed E-state index contributed by atoms with van der Waals surface area (Å²) in [5, 5.41) is 0. The summed E-state index contributed by atoms with van der Waals surface area (Å²) in [6.45, 7) is 23.1. The number of esters is 1. The lowest BCUT2D eigenvalue weighted by atomic mass is 10.3. The highest BCUT2D eigenvalue weighted by molar-refractivity contribution is 6.88. The van der Waals surface area contributed by atoms with Gasteiger partial charge in [-0.05, 0) is 59.2 Å². The van der Waals surface area contributed by atoms with Gasteiger partial charge >= 0.3 is 14.5 Å². The Hall–Kier alpha value is -0.219. The van der Waals surface area contributed by atoms with Gasteiger partial charge in [0, 0.05) is 11.1 Å². The summed E-state index contributed by atoms with van der Waals surface area (Å²) in [6, 6.07) is 0. The molecule has 4 nitrogen and oxygen atoms in total. The van der Waals surface area contributed by atoms with Crippen LogP contribution in [0.15, 0.2) is 12.2 Å². The van der Waals surface area contributed by atoms with Crippen molar-refractivity contribution in [2.24, 2.45) is 0 Å². The molecular formula is C15H34O4Si3. The Morgan fingerprint density at radius 3 is 1.73 bits per heavy atom. The maximum atomic E-state index is 11.5. The molecule has 0 aliphatic carbocycles. The fourth-order valence-corrected chi connectivity index (χ4v) is 14.7. The van der Waals surface area contributed by atoms with Gasteiger partial charge in [0.25, 0.3) is 0 Å². The quantitative estimate of drug-likeness (QED) is 0.340. The summed E-state index contributed by atoms with van der Waals surface area (Å²) in [7, 11) is -5.71. The van der Waals surface area contributed by atoms with Crippen LogP contribution in [0.5, 0.6) is 0 Å². The number of rotatable bonds is 9. The van der Waals surface area contributed by atoms with E-state index in [9.17, 15) is 4.79 Å². The van der Waals surface area contributed by atoms with Crippen LogP contribution in [-0.4, -0.2) is 37.8 Å². The van der Waals surface area contributed by atoms with E-state index in [0.717, 1.165) is 6.42 Å². The third kappa shape index (κ3) is 9.04. The van der Waals surface area contributed by atoms with Crippen LogP contribution in [0.1, 0.15) is 20.3 Å². The molecule has 0 rings (SSSR count). The molecular weight excluding hydrogens is 328 g/mol. The smallest absolute Gasteiger partial charge is 0.333 e. The molecule has 0 aliphatic rings. The van der Waals surface area contributed by atoms with Gasteiger partial charge in [0.05, 0.1) is 6.61 Å². The molecule has 0 aromatic rings. The van der Waals surface area contributed by atoms with E-state index in [1.54, 1.807) is 6.92 Å². The second kappa shape index (κ2) is 8.05. The summed E-state index contributed by atoms with van der Waals surface area (Å²) in [5.41, 5.74) is 0.702. The normalized spacial score (nSPS) is 14.6. The molecule has 0 saturated heterocycles. The van der Waals surface area contributed by atoms with Crippen molar-refractivity contribution in [3.63, 3.8) is 0 Å². The van der Waals surface area contributed by atoms with E-state index in [2.05, 4.69) is 59.3 Å². The standard InChI is InChI=1S/C15H34O4Si3/c1-13(2)15(16)17-12-11-14(3)22(10,18-20(4,5)6)19-21(7,8)9/h14H,1,11-12H2,2-10H3. The summed E-state index contributed by atoms with van der Waals surface area (Å²) in [6.07, 6.45) is 0.761. The largest absolute Gasteiger partial charge is 0.462 e. The van der Waals surface area contributed by atoms with Gasteiger partial charge < -0.3 is 13.0 Å². The molecule has 22 heavy (non-hydrogen) atoms. The Morgan fingerprint density at radius 2 is 1.41 bits per heavy atom. The average molecular weight is 363 g/mol. The van der Waals surface area contributed by atoms with Crippen LogP contribution in [0.4, 0.5) is 0 Å². The maximum absolute atomic E-state index is 11.5. The first kappa shape index (κ1) is 21.8. The SMILES string of the molecule is C=C(C)C(=O)OCCC(C)[Si](C)(O[Si](C)(C)C)O[Si](C)(C)C. The van der Waals surface area contributed by atoms with E-state index in [4.69, 9.17) is 13.0 Å². The molecule has 1 unspecified atom stereocenters. The lowest BCUT2D eigenvalue weighted by molar-refractivity contribution is -0.139. The third-order valence-corrected chi connectivity index (χ3v) is 13.3. The van der Waals surface area contributed by atoms with Crippen LogP contribution < -0.4 is 0 Å². The summed E-state index contributed by atoms with van der Waals surface area (Å²) < 4.78 is 18.2. The molecule has 0 heterocycles. The molecule has 1 atom stereocenters. The molecule has 7 heteroatoms. The topological polar surface area (TPSA) is 44.8 Å². The van der Waals surface area contributed by atoms with Crippen molar-refractivity contribution in [2.75, 3.05) is 6.61 Å². The lowest BCUT2D eigenvalue weighted by Gasteiger charge is -2.42. The lowest BCUT2D eigenvalue weighted by Crippen LogP contribution is -2.55. The van der Waals surface area contributed by atoms with E-state index in [0.29, 0.717) is 12.2 Å². The molecule has 0 bridgehead atoms. The van der Waals surface area contributed by atoms with Gasteiger partial charge in [-0.15, -0.1) is 0 Å². The van der Waals surface area contributed by atoms with Crippen molar-refractivity contribution >= 4 is 31.2 Å². The van der Waals surface area contributed by atoms with Crippen molar-refractivity contribution in [1.29, 1.82) is 0 Å². The van der Waals surface area contributed by atoms with Gasteiger partial charge in [-0.1, -0.05) is 13.5 Å². The maximum Gasteiger partial charge on any atom is 0.333 e. The fraction of sp³-hybridized carbons (Fsp3) is 0.800. The highest BCUT2D eigenvalue weighted by atomic mass is 28.5. The Labute approximate surface area is 139 Å². The van der Waals surface area contributed by atoms with Crippen molar-refractivity contribution in [3.8, 4) is 0 Å². The van der Waals surface area contributed by atoms with E-state index in [1.165, 1.54) is 0 Å². The monoisotopic (exact) mass is 362 g/mol. The van der Waals surface area contributed by atoms with E-state index in [-0.39, 0.29) is 11.5 Å². The zero-order chi connectivity index (χ0) is 17.8. The fourth-order valence-electron chi connectivity index (χ4n) is 2.15. The minimum absolute atomic E-state index is 0.267. The van der Waals surface area contributed by atoms with Crippen LogP contribution in [0.25, 0.3) is 0 Å². The zero-order valence-corrected chi connectivity index (χ0v) is 18.8. The van der Waals surface area contributed by atoms with E-state index in [1.807, 2.05) is 0 Å². The Morgan fingerprint density at radius 1 is 1.00 bits per heavy atom. The number of ether oxygens (including phenoxy) is 1. The molecule has 0 fully saturated rings. The first-order chi connectivity index (χ1) is 9.66. The van der Waals surface area contributed by atoms with Crippen LogP contribution in [0.3, 0.4) is 0 Å². The van der Waals surface area contributed by atoms with Crippen molar-refractivity contribution in [1.82, 2.24) is 0 Å². The van der Waals surface area contributed by atoms with Crippen LogP contribution in [0, 0.1) is 0 Å². The molecule has 0 aromatic carbocycles. The van der Waals surface area contributed by atoms with Gasteiger partial charge in [-0.2, -0.15) is 0 Å². The summed E-state index contributed by atoms with van der Waals surface area (Å²) in [4.78, 5) is 11.5. The number of hydrogen-bond donors (Lipinski definition) is 0. The van der Waals surface area contributed by atoms with Crippen LogP contribution >= 0.6 is 0 Å². The van der Waals surface area contributed by atoms with E-state index < -0.39 is 25.2 Å². The molecule has 130 valence electrons. The Bertz CT molecular complexity index is 381. The van der Waals surface area contributed by atoms with Crippen molar-refractivity contribution < 1.29 is 17.8 Å². The molecule has 0 saturated carbocycles. The average Bonchev–Trinajstić information content (AvgIpc) is 2.22. The Balaban J connectivity index is 4.86. The third-order valence-electron chi connectivity index (χ3n) is 3.05. The minimum Gasteiger partial charge on any atom is -0.462 e. The zero-order valence-electron chi connectivity index (χ0n) is 15.8. The van der Waals surface area contributed by atoms with Gasteiger partial charge in [0.15, 0.2) is 16.6 Å². The second-order valence-electron chi connectivity index (χ2n) is 8.05. The number of carbonyl (C=O) groups is 1. The molecule has 0 radical (unpaired) electrons. The first-order valence-corrected chi connectivity index (χ1v) is 17.1. The summed E-state index contributed by atoms with van der Waals surface area (Å²) in [5.74, 6) is -0.326. The van der Waals surface area contributed by atoms with Crippen molar-refractivity contribution in [2.45, 2.75) is 71.6 Å². The van der Waals surface area contributed by atoms with E-state index >= 15 is 0 Å². The molecule has 0 spiro atoms. The highest BCUT2D eigenvalue weighted by Crippen LogP contribution is 2.33. The number of carbonyl (C=O) groups excluding carboxylic acids is 1. The van der Waals surface area contributed by atoms with Gasteiger partial charge in [-0.3, -0.25) is 0 Å². The van der Waals surface area contributed by atoms with Crippen molar-refractivity contribution in [3.05, 3.63) is 12.2 Å². The summed E-state index contributed by atoms with van der Waals surface area (Å²) >= 11 is 0. The highest BCUT2D eigenvalue weighted by Gasteiger charge is 2.44. The molecule has 0 N–H and O–H groups in total. The molecule has 0 aliphatic heterocycles. The number of hydrogen-bond acceptors (Lipinski definition) is 4. The molecule has 0 aromatic heterocycles. The minimum atomic E-state index is -2.31. The Kier molecular flexibility index (Phi) is 7.97. The first-order valence-electron chi connectivity index (χ1n) is 7.89. The van der Waals surface area contributed by atoms with Gasteiger partial charge in [0.1, 0.15) is 0 Å². The molecule has 0 amide bonds. The second-order valence-corrected chi connectivity index (χ2v) is 21.2.